The van der Waals surface area contributed by atoms with E-state index in [0.29, 0.717) is 36.1 Å². The van der Waals surface area contributed by atoms with Gasteiger partial charge in [-0.25, -0.2) is 9.97 Å². The van der Waals surface area contributed by atoms with E-state index in [1.165, 1.54) is 19.2 Å². The largest absolute Gasteiger partial charge is 0.351 e. The molecular weight excluding hydrogens is 376 g/mol. The second-order valence-corrected chi connectivity index (χ2v) is 7.15. The molecule has 0 spiro atoms. The van der Waals surface area contributed by atoms with E-state index in [2.05, 4.69) is 31.2 Å². The molecule has 0 saturated heterocycles. The van der Waals surface area contributed by atoms with Crippen molar-refractivity contribution < 1.29 is 4.79 Å². The number of benzene rings is 1. The zero-order valence-electron chi connectivity index (χ0n) is 16.5. The highest BCUT2D eigenvalue weighted by atomic mass is 16.1. The Hall–Kier alpha value is -3.79. The molecular formula is C23H22N6O. The van der Waals surface area contributed by atoms with Crippen LogP contribution < -0.4 is 10.2 Å². The molecule has 1 saturated carbocycles. The molecule has 0 unspecified atom stereocenters. The first-order valence-corrected chi connectivity index (χ1v) is 9.94. The molecule has 7 nitrogen and oxygen atoms in total. The molecule has 0 aliphatic heterocycles. The molecule has 7 heteroatoms. The van der Waals surface area contributed by atoms with E-state index in [4.69, 9.17) is 6.42 Å². The van der Waals surface area contributed by atoms with Crippen LogP contribution in [0.1, 0.15) is 29.8 Å². The van der Waals surface area contributed by atoms with Gasteiger partial charge in [-0.3, -0.25) is 14.7 Å². The highest BCUT2D eigenvalue weighted by molar-refractivity contribution is 5.93. The Morgan fingerprint density at radius 3 is 2.77 bits per heavy atom. The number of hydrogen-bond acceptors (Lipinski definition) is 6. The Bertz CT molecular complexity index is 1060. The van der Waals surface area contributed by atoms with Crippen molar-refractivity contribution in [1.82, 2.24) is 25.3 Å². The van der Waals surface area contributed by atoms with Crippen molar-refractivity contribution in [2.45, 2.75) is 19.3 Å². The van der Waals surface area contributed by atoms with Crippen molar-refractivity contribution in [3.8, 4) is 23.7 Å². The summed E-state index contributed by atoms with van der Waals surface area (Å²) in [5.74, 6) is 4.11. The van der Waals surface area contributed by atoms with E-state index in [1.807, 2.05) is 35.2 Å². The van der Waals surface area contributed by atoms with Crippen LogP contribution in [0.4, 0.5) is 11.6 Å². The van der Waals surface area contributed by atoms with Crippen LogP contribution in [-0.4, -0.2) is 38.9 Å². The summed E-state index contributed by atoms with van der Waals surface area (Å²) < 4.78 is 0. The minimum absolute atomic E-state index is 0.190. The fourth-order valence-electron chi connectivity index (χ4n) is 3.11. The van der Waals surface area contributed by atoms with Gasteiger partial charge in [0.2, 0.25) is 5.95 Å². The van der Waals surface area contributed by atoms with Crippen molar-refractivity contribution in [3.63, 3.8) is 0 Å². The van der Waals surface area contributed by atoms with Crippen molar-refractivity contribution in [3.05, 3.63) is 60.7 Å². The number of terminal acetylenes is 1. The van der Waals surface area contributed by atoms with Gasteiger partial charge < -0.3 is 5.32 Å². The number of carbonyl (C=O) groups is 1. The van der Waals surface area contributed by atoms with Gasteiger partial charge >= 0.3 is 0 Å². The maximum atomic E-state index is 12.4. The third-order valence-corrected chi connectivity index (χ3v) is 4.90. The van der Waals surface area contributed by atoms with Gasteiger partial charge in [0.1, 0.15) is 12.0 Å². The molecule has 1 N–H and O–H groups in total. The number of rotatable bonds is 8. The fourth-order valence-corrected chi connectivity index (χ4v) is 3.11. The molecule has 4 rings (SSSR count). The zero-order chi connectivity index (χ0) is 20.8. The van der Waals surface area contributed by atoms with Gasteiger partial charge in [-0.15, -0.1) is 6.42 Å². The molecule has 1 amide bonds. The molecule has 1 fully saturated rings. The summed E-state index contributed by atoms with van der Waals surface area (Å²) in [7, 11) is 0. The first-order chi connectivity index (χ1) is 14.7. The summed E-state index contributed by atoms with van der Waals surface area (Å²) in [5.41, 5.74) is 1.92. The summed E-state index contributed by atoms with van der Waals surface area (Å²) >= 11 is 0. The maximum absolute atomic E-state index is 12.4. The van der Waals surface area contributed by atoms with Crippen molar-refractivity contribution in [2.75, 3.05) is 18.0 Å². The van der Waals surface area contributed by atoms with Gasteiger partial charge in [0.05, 0.1) is 6.54 Å². The first kappa shape index (κ1) is 19.5. The van der Waals surface area contributed by atoms with Crippen molar-refractivity contribution >= 4 is 17.5 Å². The van der Waals surface area contributed by atoms with E-state index < -0.39 is 0 Å². The minimum atomic E-state index is -0.190. The molecule has 3 aromatic rings. The van der Waals surface area contributed by atoms with Crippen molar-refractivity contribution in [1.29, 1.82) is 0 Å². The van der Waals surface area contributed by atoms with E-state index in [-0.39, 0.29) is 5.91 Å². The molecule has 30 heavy (non-hydrogen) atoms. The summed E-state index contributed by atoms with van der Waals surface area (Å²) in [5, 5.41) is 2.93. The van der Waals surface area contributed by atoms with Crippen molar-refractivity contribution in [2.24, 2.45) is 5.92 Å². The number of hydrogen-bond donors (Lipinski definition) is 1. The Balaban J connectivity index is 1.55. The lowest BCUT2D eigenvalue weighted by molar-refractivity contribution is 0.0948. The van der Waals surface area contributed by atoms with Gasteiger partial charge in [-0.1, -0.05) is 37.0 Å². The van der Waals surface area contributed by atoms with Crippen LogP contribution in [0.25, 0.3) is 11.4 Å². The van der Waals surface area contributed by atoms with Crippen LogP contribution in [0.15, 0.2) is 55.0 Å². The highest BCUT2D eigenvalue weighted by Gasteiger charge is 2.21. The Labute approximate surface area is 175 Å². The summed E-state index contributed by atoms with van der Waals surface area (Å²) in [6, 6.07) is 13.1. The monoisotopic (exact) mass is 398 g/mol. The number of nitrogens with zero attached hydrogens (tertiary/aromatic N) is 5. The molecule has 150 valence electrons. The second-order valence-electron chi connectivity index (χ2n) is 7.15. The lowest BCUT2D eigenvalue weighted by Crippen LogP contribution is -2.25. The number of para-hydroxylation sites is 1. The number of carbonyl (C=O) groups excluding carboxylic acids is 1. The van der Waals surface area contributed by atoms with Crippen LogP contribution >= 0.6 is 0 Å². The van der Waals surface area contributed by atoms with E-state index in [9.17, 15) is 4.79 Å². The Morgan fingerprint density at radius 1 is 1.17 bits per heavy atom. The number of nitrogens with one attached hydrogen (secondary N) is 1. The lowest BCUT2D eigenvalue weighted by atomic mass is 10.2. The summed E-state index contributed by atoms with van der Waals surface area (Å²) in [6.07, 6.45) is 12.1. The third kappa shape index (κ3) is 4.78. The molecule has 1 aromatic carbocycles. The Kier molecular flexibility index (Phi) is 5.95. The number of amides is 1. The SMILES string of the molecule is C#CCN(c1ccccc1)c1ncnc(-c2ccnc(C(=O)NCCC3CC3)c2)n1. The number of aromatic nitrogens is 4. The van der Waals surface area contributed by atoms with Crippen LogP contribution in [0.5, 0.6) is 0 Å². The lowest BCUT2D eigenvalue weighted by Gasteiger charge is -2.20. The van der Waals surface area contributed by atoms with Crippen LogP contribution in [0.3, 0.4) is 0 Å². The average molecular weight is 398 g/mol. The molecule has 0 atom stereocenters. The van der Waals surface area contributed by atoms with Gasteiger partial charge in [0.15, 0.2) is 5.82 Å². The second kappa shape index (κ2) is 9.14. The van der Waals surface area contributed by atoms with Gasteiger partial charge in [0, 0.05) is 24.0 Å². The fraction of sp³-hybridized carbons (Fsp3) is 0.261. The molecule has 0 radical (unpaired) electrons. The van der Waals surface area contributed by atoms with Crippen LogP contribution in [0, 0.1) is 18.3 Å². The molecule has 2 heterocycles. The number of pyridine rings is 1. The molecule has 0 bridgehead atoms. The molecule has 1 aliphatic carbocycles. The van der Waals surface area contributed by atoms with Crippen LogP contribution in [-0.2, 0) is 0 Å². The normalized spacial score (nSPS) is 12.8. The maximum Gasteiger partial charge on any atom is 0.269 e. The standard InChI is InChI=1S/C23H22N6O/c1-2-14-29(19-6-4-3-5-7-19)23-27-16-26-21(28-23)18-11-13-24-20(15-18)22(30)25-12-10-17-8-9-17/h1,3-7,11,13,15-17H,8-10,12,14H2,(H,25,30). The minimum Gasteiger partial charge on any atom is -0.351 e. The van der Waals surface area contributed by atoms with Gasteiger partial charge in [-0.2, -0.15) is 4.98 Å². The smallest absolute Gasteiger partial charge is 0.269 e. The van der Waals surface area contributed by atoms with E-state index in [0.717, 1.165) is 18.0 Å². The van der Waals surface area contributed by atoms with Gasteiger partial charge in [-0.05, 0) is 36.6 Å². The predicted octanol–water partition coefficient (Wildman–Crippen LogP) is 3.23. The van der Waals surface area contributed by atoms with E-state index >= 15 is 0 Å². The van der Waals surface area contributed by atoms with Gasteiger partial charge in [0.25, 0.3) is 5.91 Å². The topological polar surface area (TPSA) is 83.9 Å². The molecule has 2 aromatic heterocycles. The Morgan fingerprint density at radius 2 is 2.00 bits per heavy atom. The predicted molar refractivity (Wildman–Crippen MR) is 115 cm³/mol. The zero-order valence-corrected chi connectivity index (χ0v) is 16.5. The number of anilines is 2. The highest BCUT2D eigenvalue weighted by Crippen LogP contribution is 2.31. The quantitative estimate of drug-likeness (QED) is 0.587. The van der Waals surface area contributed by atoms with E-state index in [1.54, 1.807) is 18.3 Å². The summed E-state index contributed by atoms with van der Waals surface area (Å²) in [6.45, 7) is 0.988. The third-order valence-electron chi connectivity index (χ3n) is 4.90. The van der Waals surface area contributed by atoms with Crippen LogP contribution in [0.2, 0.25) is 0 Å². The molecule has 1 aliphatic rings. The first-order valence-electron chi connectivity index (χ1n) is 9.94. The average Bonchev–Trinajstić information content (AvgIpc) is 3.62. The summed E-state index contributed by atoms with van der Waals surface area (Å²) in [4.78, 5) is 31.6.